The zero-order chi connectivity index (χ0) is 26.9. The fourth-order valence-corrected chi connectivity index (χ4v) is 6.96. The average molecular weight is 649 g/mol. The molecule has 0 N–H and O–H groups in total. The predicted molar refractivity (Wildman–Crippen MR) is 153 cm³/mol. The number of benzene rings is 2. The van der Waals surface area contributed by atoms with Crippen LogP contribution in [0.3, 0.4) is 0 Å². The maximum atomic E-state index is 14.0. The lowest BCUT2D eigenvalue weighted by molar-refractivity contribution is -0.127. The second-order valence-electron chi connectivity index (χ2n) is 8.31. The largest absolute Gasteiger partial charge is 0.496 e. The van der Waals surface area contributed by atoms with Crippen molar-refractivity contribution in [1.82, 2.24) is 9.47 Å². The molecule has 0 bridgehead atoms. The van der Waals surface area contributed by atoms with Crippen molar-refractivity contribution < 1.29 is 14.3 Å². The average Bonchev–Trinajstić information content (AvgIpc) is 3.17. The monoisotopic (exact) mass is 647 g/mol. The first kappa shape index (κ1) is 27.3. The second-order valence-corrected chi connectivity index (χ2v) is 11.1. The van der Waals surface area contributed by atoms with Gasteiger partial charge in [-0.25, -0.2) is 4.99 Å². The summed E-state index contributed by atoms with van der Waals surface area (Å²) in [5, 5.41) is 0. The summed E-state index contributed by atoms with van der Waals surface area (Å²) in [5.74, 6) is 1.07. The minimum absolute atomic E-state index is 0.144. The number of carbonyl (C=O) groups is 1. The molecule has 2 aromatic carbocycles. The summed E-state index contributed by atoms with van der Waals surface area (Å²) in [7, 11) is 3.17. The minimum atomic E-state index is -0.682. The molecule has 1 aliphatic heterocycles. The Bertz CT molecular complexity index is 1570. The van der Waals surface area contributed by atoms with E-state index >= 15 is 0 Å². The fourth-order valence-electron chi connectivity index (χ4n) is 4.51. The topological polar surface area (TPSA) is 73.1 Å². The Hall–Kier alpha value is -2.69. The maximum Gasteiger partial charge on any atom is 0.271 e. The quantitative estimate of drug-likeness (QED) is 0.374. The van der Waals surface area contributed by atoms with Gasteiger partial charge in [0.1, 0.15) is 17.5 Å². The van der Waals surface area contributed by atoms with Gasteiger partial charge in [-0.15, -0.1) is 0 Å². The SMILES string of the molecule is CCN(CC)C(=O)C1=C(C)N=c2s/c(=C/c3cc(Br)cc(Br)c3OC)c(=O)n2[C@H]1c1ccccc1OC. The van der Waals surface area contributed by atoms with Crippen LogP contribution in [-0.4, -0.2) is 42.7 Å². The summed E-state index contributed by atoms with van der Waals surface area (Å²) in [6.07, 6.45) is 1.79. The molecule has 2 heterocycles. The number of hydrogen-bond acceptors (Lipinski definition) is 6. The van der Waals surface area contributed by atoms with Crippen LogP contribution in [0.5, 0.6) is 11.5 Å². The lowest BCUT2D eigenvalue weighted by atomic mass is 9.94. The predicted octanol–water partition coefficient (Wildman–Crippen LogP) is 4.65. The normalized spacial score (nSPS) is 15.3. The van der Waals surface area contributed by atoms with Crippen LogP contribution < -0.4 is 24.4 Å². The Balaban J connectivity index is 2.03. The van der Waals surface area contributed by atoms with Gasteiger partial charge >= 0.3 is 0 Å². The lowest BCUT2D eigenvalue weighted by Gasteiger charge is -2.29. The van der Waals surface area contributed by atoms with E-state index in [1.807, 2.05) is 57.2 Å². The summed E-state index contributed by atoms with van der Waals surface area (Å²) in [6, 6.07) is 10.6. The number of methoxy groups -OCH3 is 2. The van der Waals surface area contributed by atoms with E-state index in [0.29, 0.717) is 45.2 Å². The van der Waals surface area contributed by atoms with Gasteiger partial charge in [0.25, 0.3) is 11.5 Å². The van der Waals surface area contributed by atoms with Crippen molar-refractivity contribution in [2.45, 2.75) is 26.8 Å². The van der Waals surface area contributed by atoms with Gasteiger partial charge in [-0.1, -0.05) is 45.5 Å². The molecule has 0 fully saturated rings. The molecule has 1 amide bonds. The van der Waals surface area contributed by atoms with E-state index in [2.05, 4.69) is 31.9 Å². The highest BCUT2D eigenvalue weighted by Crippen LogP contribution is 2.36. The molecule has 0 unspecified atom stereocenters. The van der Waals surface area contributed by atoms with Crippen molar-refractivity contribution >= 4 is 55.2 Å². The van der Waals surface area contributed by atoms with Gasteiger partial charge in [0.15, 0.2) is 4.80 Å². The van der Waals surface area contributed by atoms with E-state index in [1.54, 1.807) is 29.8 Å². The number of likely N-dealkylation sites (N-methyl/N-ethyl adjacent to an activating group) is 1. The van der Waals surface area contributed by atoms with Crippen molar-refractivity contribution in [3.05, 3.63) is 87.4 Å². The standard InChI is InChI=1S/C27H27Br2N3O4S/c1-6-31(7-2)26(34)22-15(3)30-27-32(23(22)18-10-8-9-11-20(18)35-4)25(33)21(37-27)13-16-12-17(28)14-19(29)24(16)36-5/h8-14,23H,6-7H2,1-5H3/b21-13+/t23-/m0/s1. The van der Waals surface area contributed by atoms with Crippen LogP contribution in [0.4, 0.5) is 0 Å². The molecule has 3 aromatic rings. The molecule has 1 aromatic heterocycles. The Morgan fingerprint density at radius 2 is 1.86 bits per heavy atom. The van der Waals surface area contributed by atoms with Crippen molar-refractivity contribution in [1.29, 1.82) is 0 Å². The highest BCUT2D eigenvalue weighted by molar-refractivity contribution is 9.11. The molecule has 0 aliphatic carbocycles. The number of amides is 1. The molecule has 10 heteroatoms. The van der Waals surface area contributed by atoms with Gasteiger partial charge in [-0.3, -0.25) is 14.2 Å². The van der Waals surface area contributed by atoms with Crippen LogP contribution in [0.1, 0.15) is 37.9 Å². The first-order valence-electron chi connectivity index (χ1n) is 11.7. The number of carbonyl (C=O) groups excluding carboxylic acids is 1. The summed E-state index contributed by atoms with van der Waals surface area (Å²) < 4.78 is 14.9. The molecule has 0 spiro atoms. The summed E-state index contributed by atoms with van der Waals surface area (Å²) >= 11 is 8.32. The lowest BCUT2D eigenvalue weighted by Crippen LogP contribution is -2.43. The van der Waals surface area contributed by atoms with Gasteiger partial charge in [0.2, 0.25) is 0 Å². The molecular formula is C27H27Br2N3O4S. The van der Waals surface area contributed by atoms with Crippen LogP contribution in [0.25, 0.3) is 6.08 Å². The summed E-state index contributed by atoms with van der Waals surface area (Å²) in [5.41, 5.74) is 2.27. The third kappa shape index (κ3) is 5.06. The van der Waals surface area contributed by atoms with E-state index in [4.69, 9.17) is 14.5 Å². The highest BCUT2D eigenvalue weighted by Gasteiger charge is 2.35. The second kappa shape index (κ2) is 11.4. The van der Waals surface area contributed by atoms with E-state index in [1.165, 1.54) is 11.3 Å². The molecule has 7 nitrogen and oxygen atoms in total. The number of halogens is 2. The molecule has 0 saturated heterocycles. The number of nitrogens with zero attached hydrogens (tertiary/aromatic N) is 3. The summed E-state index contributed by atoms with van der Waals surface area (Å²) in [6.45, 7) is 6.80. The number of para-hydroxylation sites is 1. The van der Waals surface area contributed by atoms with E-state index in [9.17, 15) is 9.59 Å². The van der Waals surface area contributed by atoms with Gasteiger partial charge in [0.05, 0.1) is 34.5 Å². The number of aromatic nitrogens is 1. The van der Waals surface area contributed by atoms with Crippen LogP contribution in [-0.2, 0) is 4.79 Å². The first-order chi connectivity index (χ1) is 17.7. The molecule has 4 rings (SSSR count). The Morgan fingerprint density at radius 3 is 2.51 bits per heavy atom. The molecule has 0 radical (unpaired) electrons. The van der Waals surface area contributed by atoms with Gasteiger partial charge in [-0.2, -0.15) is 0 Å². The van der Waals surface area contributed by atoms with Crippen molar-refractivity contribution in [3.8, 4) is 11.5 Å². The van der Waals surface area contributed by atoms with Crippen LogP contribution >= 0.6 is 43.2 Å². The number of fused-ring (bicyclic) bond motifs is 1. The molecular weight excluding hydrogens is 622 g/mol. The smallest absolute Gasteiger partial charge is 0.271 e. The molecule has 37 heavy (non-hydrogen) atoms. The van der Waals surface area contributed by atoms with E-state index in [0.717, 1.165) is 20.1 Å². The van der Waals surface area contributed by atoms with E-state index in [-0.39, 0.29) is 11.5 Å². The van der Waals surface area contributed by atoms with Gasteiger partial charge in [-0.05, 0) is 61.0 Å². The van der Waals surface area contributed by atoms with E-state index < -0.39 is 6.04 Å². The number of hydrogen-bond donors (Lipinski definition) is 0. The zero-order valence-electron chi connectivity index (χ0n) is 21.2. The van der Waals surface area contributed by atoms with Gasteiger partial charge < -0.3 is 14.4 Å². The maximum absolute atomic E-state index is 14.0. The molecule has 0 saturated carbocycles. The van der Waals surface area contributed by atoms with Crippen molar-refractivity contribution in [2.24, 2.45) is 4.99 Å². The molecule has 194 valence electrons. The zero-order valence-corrected chi connectivity index (χ0v) is 25.2. The van der Waals surface area contributed by atoms with Crippen LogP contribution in [0.2, 0.25) is 0 Å². The Labute approximate surface area is 236 Å². The highest BCUT2D eigenvalue weighted by atomic mass is 79.9. The molecule has 1 aliphatic rings. The van der Waals surface area contributed by atoms with Crippen LogP contribution in [0, 0.1) is 0 Å². The molecule has 1 atom stereocenters. The number of allylic oxidation sites excluding steroid dienone is 1. The number of rotatable bonds is 7. The summed E-state index contributed by atoms with van der Waals surface area (Å²) in [4.78, 5) is 34.7. The van der Waals surface area contributed by atoms with Gasteiger partial charge in [0, 0.05) is 28.7 Å². The third-order valence-electron chi connectivity index (χ3n) is 6.26. The number of thiazole rings is 1. The third-order valence-corrected chi connectivity index (χ3v) is 8.29. The Kier molecular flexibility index (Phi) is 8.40. The fraction of sp³-hybridized carbons (Fsp3) is 0.296. The van der Waals surface area contributed by atoms with Crippen molar-refractivity contribution in [3.63, 3.8) is 0 Å². The Morgan fingerprint density at radius 1 is 1.16 bits per heavy atom. The van der Waals surface area contributed by atoms with Crippen LogP contribution in [0.15, 0.2) is 66.4 Å². The van der Waals surface area contributed by atoms with Crippen molar-refractivity contribution in [2.75, 3.05) is 27.3 Å². The minimum Gasteiger partial charge on any atom is -0.496 e. The first-order valence-corrected chi connectivity index (χ1v) is 14.1. The number of ether oxygens (including phenoxy) is 2.